The summed E-state index contributed by atoms with van der Waals surface area (Å²) in [5.74, 6) is 0.492. The number of rotatable bonds is 5. The molecule has 3 amide bonds. The van der Waals surface area contributed by atoms with Gasteiger partial charge in [-0.3, -0.25) is 19.3 Å². The van der Waals surface area contributed by atoms with E-state index in [1.807, 2.05) is 16.7 Å². The summed E-state index contributed by atoms with van der Waals surface area (Å²) in [7, 11) is 0. The quantitative estimate of drug-likeness (QED) is 0.764. The summed E-state index contributed by atoms with van der Waals surface area (Å²) < 4.78 is 0. The Morgan fingerprint density at radius 2 is 1.61 bits per heavy atom. The van der Waals surface area contributed by atoms with Crippen molar-refractivity contribution in [1.82, 2.24) is 20.0 Å². The maximum Gasteiger partial charge on any atom is 0.245 e. The van der Waals surface area contributed by atoms with Crippen LogP contribution in [0.4, 0.5) is 0 Å². The molecule has 1 unspecified atom stereocenters. The standard InChI is InChI=1S/C21H36N4O3/c1-2-22-19(26)16-23-11-7-12-24(15-14-23)21(28)18-10-6-13-25(18)20(27)17-8-4-3-5-9-17/h17-18H,2-16H2,1H3,(H,22,26). The lowest BCUT2D eigenvalue weighted by Gasteiger charge is -2.33. The van der Waals surface area contributed by atoms with Gasteiger partial charge in [-0.2, -0.15) is 0 Å². The van der Waals surface area contributed by atoms with Crippen LogP contribution in [0.25, 0.3) is 0 Å². The molecule has 2 aliphatic heterocycles. The summed E-state index contributed by atoms with van der Waals surface area (Å²) in [5.41, 5.74) is 0. The minimum atomic E-state index is -0.274. The van der Waals surface area contributed by atoms with Gasteiger partial charge in [-0.1, -0.05) is 19.3 Å². The minimum absolute atomic E-state index is 0.0438. The molecule has 0 aromatic rings. The number of nitrogens with zero attached hydrogens (tertiary/aromatic N) is 3. The predicted molar refractivity (Wildman–Crippen MR) is 108 cm³/mol. The zero-order chi connectivity index (χ0) is 19.9. The van der Waals surface area contributed by atoms with E-state index in [0.717, 1.165) is 58.0 Å². The summed E-state index contributed by atoms with van der Waals surface area (Å²) in [5, 5.41) is 2.84. The summed E-state index contributed by atoms with van der Waals surface area (Å²) in [6.07, 6.45) is 8.04. The van der Waals surface area contributed by atoms with E-state index in [4.69, 9.17) is 0 Å². The SMILES string of the molecule is CCNC(=O)CN1CCCN(C(=O)C2CCCN2C(=O)C2CCCCC2)CC1. The van der Waals surface area contributed by atoms with Crippen LogP contribution < -0.4 is 5.32 Å². The van der Waals surface area contributed by atoms with E-state index >= 15 is 0 Å². The van der Waals surface area contributed by atoms with Gasteiger partial charge in [-0.25, -0.2) is 0 Å². The minimum Gasteiger partial charge on any atom is -0.355 e. The zero-order valence-electron chi connectivity index (χ0n) is 17.3. The van der Waals surface area contributed by atoms with Gasteiger partial charge in [0.2, 0.25) is 17.7 Å². The molecule has 158 valence electrons. The van der Waals surface area contributed by atoms with Crippen molar-refractivity contribution >= 4 is 17.7 Å². The van der Waals surface area contributed by atoms with E-state index in [1.54, 1.807) is 0 Å². The first kappa shape index (κ1) is 21.1. The highest BCUT2D eigenvalue weighted by molar-refractivity contribution is 5.89. The Balaban J connectivity index is 1.55. The molecule has 0 aromatic carbocycles. The lowest BCUT2D eigenvalue weighted by molar-refractivity contribution is -0.146. The van der Waals surface area contributed by atoms with Crippen LogP contribution in [0.3, 0.4) is 0 Å². The van der Waals surface area contributed by atoms with Crippen LogP contribution in [0.1, 0.15) is 58.3 Å². The lowest BCUT2D eigenvalue weighted by atomic mass is 9.88. The van der Waals surface area contributed by atoms with Crippen molar-refractivity contribution in [2.45, 2.75) is 64.3 Å². The fourth-order valence-corrected chi connectivity index (χ4v) is 4.89. The Bertz CT molecular complexity index is 562. The second-order valence-electron chi connectivity index (χ2n) is 8.43. The number of likely N-dealkylation sites (N-methyl/N-ethyl adjacent to an activating group) is 1. The summed E-state index contributed by atoms with van der Waals surface area (Å²) in [6, 6.07) is -0.274. The molecule has 7 nitrogen and oxygen atoms in total. The second-order valence-corrected chi connectivity index (χ2v) is 8.43. The van der Waals surface area contributed by atoms with Crippen LogP contribution in [0, 0.1) is 5.92 Å². The largest absolute Gasteiger partial charge is 0.355 e. The maximum absolute atomic E-state index is 13.2. The number of amides is 3. The molecule has 2 saturated heterocycles. The predicted octanol–water partition coefficient (Wildman–Crippen LogP) is 1.23. The highest BCUT2D eigenvalue weighted by Gasteiger charge is 2.39. The Morgan fingerprint density at radius 3 is 2.36 bits per heavy atom. The van der Waals surface area contributed by atoms with E-state index in [9.17, 15) is 14.4 Å². The molecule has 1 N–H and O–H groups in total. The van der Waals surface area contributed by atoms with Gasteiger partial charge in [0.05, 0.1) is 6.54 Å². The number of hydrogen-bond donors (Lipinski definition) is 1. The Morgan fingerprint density at radius 1 is 0.821 bits per heavy atom. The smallest absolute Gasteiger partial charge is 0.245 e. The normalized spacial score (nSPS) is 24.8. The molecular formula is C21H36N4O3. The maximum atomic E-state index is 13.2. The van der Waals surface area contributed by atoms with Crippen molar-refractivity contribution in [3.8, 4) is 0 Å². The van der Waals surface area contributed by atoms with Crippen LogP contribution in [0.5, 0.6) is 0 Å². The van der Waals surface area contributed by atoms with Crippen molar-refractivity contribution in [3.05, 3.63) is 0 Å². The van der Waals surface area contributed by atoms with Gasteiger partial charge in [0.1, 0.15) is 6.04 Å². The van der Waals surface area contributed by atoms with Crippen LogP contribution in [-0.4, -0.2) is 84.3 Å². The average molecular weight is 393 g/mol. The summed E-state index contributed by atoms with van der Waals surface area (Å²) in [4.78, 5) is 44.0. The van der Waals surface area contributed by atoms with Crippen molar-refractivity contribution < 1.29 is 14.4 Å². The first-order chi connectivity index (χ1) is 13.6. The van der Waals surface area contributed by atoms with Gasteiger partial charge in [0.25, 0.3) is 0 Å². The molecule has 3 aliphatic rings. The summed E-state index contributed by atoms with van der Waals surface area (Å²) >= 11 is 0. The molecule has 3 fully saturated rings. The number of carbonyl (C=O) groups is 3. The number of likely N-dealkylation sites (tertiary alicyclic amines) is 1. The van der Waals surface area contributed by atoms with Gasteiger partial charge in [0, 0.05) is 45.2 Å². The van der Waals surface area contributed by atoms with Crippen LogP contribution >= 0.6 is 0 Å². The topological polar surface area (TPSA) is 73.0 Å². The average Bonchev–Trinajstić information content (AvgIpc) is 3.08. The zero-order valence-corrected chi connectivity index (χ0v) is 17.3. The van der Waals surface area contributed by atoms with E-state index in [1.165, 1.54) is 6.42 Å². The first-order valence-corrected chi connectivity index (χ1v) is 11.2. The highest BCUT2D eigenvalue weighted by Crippen LogP contribution is 2.29. The summed E-state index contributed by atoms with van der Waals surface area (Å²) in [6.45, 7) is 6.58. The van der Waals surface area contributed by atoms with Crippen LogP contribution in [0.15, 0.2) is 0 Å². The third-order valence-electron chi connectivity index (χ3n) is 6.42. The van der Waals surface area contributed by atoms with Gasteiger partial charge >= 0.3 is 0 Å². The molecule has 3 rings (SSSR count). The van der Waals surface area contributed by atoms with Crippen molar-refractivity contribution in [2.75, 3.05) is 45.8 Å². The highest BCUT2D eigenvalue weighted by atomic mass is 16.2. The van der Waals surface area contributed by atoms with Crippen molar-refractivity contribution in [2.24, 2.45) is 5.92 Å². The van der Waals surface area contributed by atoms with Gasteiger partial charge in [0.15, 0.2) is 0 Å². The molecule has 0 bridgehead atoms. The molecule has 1 aliphatic carbocycles. The monoisotopic (exact) mass is 392 g/mol. The van der Waals surface area contributed by atoms with Crippen molar-refractivity contribution in [1.29, 1.82) is 0 Å². The first-order valence-electron chi connectivity index (χ1n) is 11.2. The Labute approximate surface area is 168 Å². The molecule has 0 aromatic heterocycles. The molecular weight excluding hydrogens is 356 g/mol. The Kier molecular flexibility index (Phi) is 7.71. The third kappa shape index (κ3) is 5.25. The number of carbonyl (C=O) groups excluding carboxylic acids is 3. The molecule has 7 heteroatoms. The van der Waals surface area contributed by atoms with Crippen LogP contribution in [-0.2, 0) is 14.4 Å². The van der Waals surface area contributed by atoms with E-state index in [2.05, 4.69) is 10.2 Å². The number of nitrogens with one attached hydrogen (secondary N) is 1. The molecule has 1 saturated carbocycles. The fraction of sp³-hybridized carbons (Fsp3) is 0.857. The Hall–Kier alpha value is -1.63. The van der Waals surface area contributed by atoms with Crippen LogP contribution in [0.2, 0.25) is 0 Å². The number of hydrogen-bond acceptors (Lipinski definition) is 4. The second kappa shape index (κ2) is 10.2. The molecule has 0 radical (unpaired) electrons. The van der Waals surface area contributed by atoms with E-state index in [0.29, 0.717) is 32.7 Å². The van der Waals surface area contributed by atoms with Gasteiger partial charge in [-0.15, -0.1) is 0 Å². The van der Waals surface area contributed by atoms with E-state index in [-0.39, 0.29) is 29.7 Å². The molecule has 28 heavy (non-hydrogen) atoms. The van der Waals surface area contributed by atoms with Crippen molar-refractivity contribution in [3.63, 3.8) is 0 Å². The fourth-order valence-electron chi connectivity index (χ4n) is 4.89. The molecule has 0 spiro atoms. The van der Waals surface area contributed by atoms with E-state index < -0.39 is 0 Å². The molecule has 2 heterocycles. The van der Waals surface area contributed by atoms with Gasteiger partial charge < -0.3 is 15.1 Å². The van der Waals surface area contributed by atoms with Gasteiger partial charge in [-0.05, 0) is 39.0 Å². The molecule has 1 atom stereocenters. The lowest BCUT2D eigenvalue weighted by Crippen LogP contribution is -2.50. The third-order valence-corrected chi connectivity index (χ3v) is 6.42.